The second-order valence-corrected chi connectivity index (χ2v) is 3.60. The molecule has 0 aliphatic rings. The summed E-state index contributed by atoms with van der Waals surface area (Å²) in [7, 11) is 0. The Bertz CT molecular complexity index is 429. The SMILES string of the molecule is NCC(O)CNC(=O)/C=C/c1c(F)cccc1F. The van der Waals surface area contributed by atoms with Gasteiger partial charge in [0.15, 0.2) is 0 Å². The van der Waals surface area contributed by atoms with Crippen molar-refractivity contribution < 1.29 is 18.7 Å². The third-order valence-electron chi connectivity index (χ3n) is 2.19. The van der Waals surface area contributed by atoms with E-state index in [2.05, 4.69) is 5.32 Å². The lowest BCUT2D eigenvalue weighted by Gasteiger charge is -2.07. The predicted octanol–water partition coefficient (Wildman–Crippen LogP) is 0.414. The smallest absolute Gasteiger partial charge is 0.244 e. The highest BCUT2D eigenvalue weighted by molar-refractivity contribution is 5.91. The Balaban J connectivity index is 2.61. The molecule has 0 fully saturated rings. The highest BCUT2D eigenvalue weighted by Gasteiger charge is 2.06. The number of carbonyl (C=O) groups is 1. The minimum absolute atomic E-state index is 0.0145. The van der Waals surface area contributed by atoms with Gasteiger partial charge in [0.05, 0.1) is 6.10 Å². The number of hydrogen-bond acceptors (Lipinski definition) is 3. The number of hydrogen-bond donors (Lipinski definition) is 3. The average Bonchev–Trinajstić information content (AvgIpc) is 2.35. The number of nitrogens with one attached hydrogen (secondary N) is 1. The third kappa shape index (κ3) is 4.23. The minimum atomic E-state index is -0.840. The van der Waals surface area contributed by atoms with Crippen molar-refractivity contribution in [3.8, 4) is 0 Å². The highest BCUT2D eigenvalue weighted by Crippen LogP contribution is 2.13. The van der Waals surface area contributed by atoms with E-state index in [1.807, 2.05) is 0 Å². The van der Waals surface area contributed by atoms with Gasteiger partial charge >= 0.3 is 0 Å². The van der Waals surface area contributed by atoms with Gasteiger partial charge in [-0.2, -0.15) is 0 Å². The molecule has 1 amide bonds. The molecule has 98 valence electrons. The summed E-state index contributed by atoms with van der Waals surface area (Å²) in [5.74, 6) is -2.06. The van der Waals surface area contributed by atoms with Crippen molar-refractivity contribution in [3.63, 3.8) is 0 Å². The van der Waals surface area contributed by atoms with E-state index in [9.17, 15) is 13.6 Å². The van der Waals surface area contributed by atoms with Gasteiger partial charge in [-0.05, 0) is 18.2 Å². The highest BCUT2D eigenvalue weighted by atomic mass is 19.1. The second kappa shape index (κ2) is 6.83. The first-order valence-electron chi connectivity index (χ1n) is 5.32. The summed E-state index contributed by atoms with van der Waals surface area (Å²) in [5.41, 5.74) is 4.86. The second-order valence-electron chi connectivity index (χ2n) is 3.60. The first-order chi connectivity index (χ1) is 8.54. The van der Waals surface area contributed by atoms with Gasteiger partial charge < -0.3 is 16.2 Å². The fraction of sp³-hybridized carbons (Fsp3) is 0.250. The third-order valence-corrected chi connectivity index (χ3v) is 2.19. The van der Waals surface area contributed by atoms with Crippen LogP contribution in [0, 0.1) is 11.6 Å². The van der Waals surface area contributed by atoms with E-state index in [-0.39, 0.29) is 18.7 Å². The summed E-state index contributed by atoms with van der Waals surface area (Å²) < 4.78 is 26.4. The van der Waals surface area contributed by atoms with Crippen LogP contribution in [0.15, 0.2) is 24.3 Å². The number of amides is 1. The minimum Gasteiger partial charge on any atom is -0.390 e. The summed E-state index contributed by atoms with van der Waals surface area (Å²) in [6.07, 6.45) is 1.19. The number of nitrogens with two attached hydrogens (primary N) is 1. The molecule has 6 heteroatoms. The van der Waals surface area contributed by atoms with Gasteiger partial charge in [0.2, 0.25) is 5.91 Å². The molecular weight excluding hydrogens is 242 g/mol. The van der Waals surface area contributed by atoms with E-state index < -0.39 is 23.6 Å². The molecule has 0 radical (unpaired) electrons. The molecule has 1 unspecified atom stereocenters. The molecule has 0 aliphatic carbocycles. The van der Waals surface area contributed by atoms with Crippen LogP contribution in [0.2, 0.25) is 0 Å². The van der Waals surface area contributed by atoms with Gasteiger partial charge in [-0.1, -0.05) is 6.07 Å². The van der Waals surface area contributed by atoms with Crippen molar-refractivity contribution in [2.24, 2.45) is 5.73 Å². The van der Waals surface area contributed by atoms with Gasteiger partial charge in [0.25, 0.3) is 0 Å². The summed E-state index contributed by atoms with van der Waals surface area (Å²) in [5, 5.41) is 11.4. The van der Waals surface area contributed by atoms with Crippen LogP contribution >= 0.6 is 0 Å². The first kappa shape index (κ1) is 14.3. The Morgan fingerprint density at radius 1 is 1.44 bits per heavy atom. The topological polar surface area (TPSA) is 75.3 Å². The van der Waals surface area contributed by atoms with E-state index in [0.717, 1.165) is 24.3 Å². The Morgan fingerprint density at radius 3 is 2.61 bits per heavy atom. The quantitative estimate of drug-likeness (QED) is 0.668. The number of benzene rings is 1. The normalized spacial score (nSPS) is 12.7. The maximum Gasteiger partial charge on any atom is 0.244 e. The van der Waals surface area contributed by atoms with Crippen LogP contribution in [0.5, 0.6) is 0 Å². The molecule has 18 heavy (non-hydrogen) atoms. The molecule has 1 atom stereocenters. The zero-order valence-electron chi connectivity index (χ0n) is 9.57. The number of rotatable bonds is 5. The van der Waals surface area contributed by atoms with Gasteiger partial charge in [-0.3, -0.25) is 4.79 Å². The molecular formula is C12H14F2N2O2. The lowest BCUT2D eigenvalue weighted by molar-refractivity contribution is -0.116. The number of aliphatic hydroxyl groups is 1. The van der Waals surface area contributed by atoms with Crippen LogP contribution in [-0.2, 0) is 4.79 Å². The van der Waals surface area contributed by atoms with E-state index >= 15 is 0 Å². The van der Waals surface area contributed by atoms with Crippen molar-refractivity contribution in [2.45, 2.75) is 6.10 Å². The van der Waals surface area contributed by atoms with Crippen LogP contribution in [-0.4, -0.2) is 30.2 Å². The van der Waals surface area contributed by atoms with Crippen molar-refractivity contribution in [3.05, 3.63) is 41.5 Å². The standard InChI is InChI=1S/C12H14F2N2O2/c13-10-2-1-3-11(14)9(10)4-5-12(18)16-7-8(17)6-15/h1-5,8,17H,6-7,15H2,(H,16,18)/b5-4+. The Kier molecular flexibility index (Phi) is 5.41. The van der Waals surface area contributed by atoms with E-state index in [1.54, 1.807) is 0 Å². The number of halogens is 2. The zero-order valence-corrected chi connectivity index (χ0v) is 9.57. The molecule has 0 heterocycles. The molecule has 0 aromatic heterocycles. The number of aliphatic hydroxyl groups excluding tert-OH is 1. The Morgan fingerprint density at radius 2 is 2.06 bits per heavy atom. The fourth-order valence-electron chi connectivity index (χ4n) is 1.19. The molecule has 0 bridgehead atoms. The molecule has 4 N–H and O–H groups in total. The molecule has 0 spiro atoms. The molecule has 1 aromatic rings. The maximum absolute atomic E-state index is 13.2. The summed E-state index contributed by atoms with van der Waals surface area (Å²) in [6, 6.07) is 3.43. The van der Waals surface area contributed by atoms with Crippen LogP contribution in [0.3, 0.4) is 0 Å². The molecule has 0 saturated carbocycles. The van der Waals surface area contributed by atoms with Crippen molar-refractivity contribution in [1.82, 2.24) is 5.32 Å². The molecule has 4 nitrogen and oxygen atoms in total. The Hall–Kier alpha value is -1.79. The van der Waals surface area contributed by atoms with Crippen molar-refractivity contribution in [2.75, 3.05) is 13.1 Å². The molecule has 0 saturated heterocycles. The maximum atomic E-state index is 13.2. The van der Waals surface area contributed by atoms with Crippen LogP contribution in [0.1, 0.15) is 5.56 Å². The first-order valence-corrected chi connectivity index (χ1v) is 5.32. The summed E-state index contributed by atoms with van der Waals surface area (Å²) in [4.78, 5) is 11.3. The monoisotopic (exact) mass is 256 g/mol. The van der Waals surface area contributed by atoms with E-state index in [1.165, 1.54) is 6.07 Å². The number of carbonyl (C=O) groups excluding carboxylic acids is 1. The van der Waals surface area contributed by atoms with Gasteiger partial charge in [0.1, 0.15) is 11.6 Å². The largest absolute Gasteiger partial charge is 0.390 e. The zero-order chi connectivity index (χ0) is 13.5. The van der Waals surface area contributed by atoms with Crippen molar-refractivity contribution >= 4 is 12.0 Å². The molecule has 1 rings (SSSR count). The lowest BCUT2D eigenvalue weighted by atomic mass is 10.2. The van der Waals surface area contributed by atoms with Gasteiger partial charge in [0, 0.05) is 24.7 Å². The van der Waals surface area contributed by atoms with Crippen LogP contribution < -0.4 is 11.1 Å². The predicted molar refractivity (Wildman–Crippen MR) is 63.5 cm³/mol. The molecule has 0 aliphatic heterocycles. The van der Waals surface area contributed by atoms with E-state index in [0.29, 0.717) is 0 Å². The van der Waals surface area contributed by atoms with Crippen molar-refractivity contribution in [1.29, 1.82) is 0 Å². The lowest BCUT2D eigenvalue weighted by Crippen LogP contribution is -2.35. The van der Waals surface area contributed by atoms with Gasteiger partial charge in [-0.15, -0.1) is 0 Å². The Labute approximate surface area is 103 Å². The summed E-state index contributed by atoms with van der Waals surface area (Å²) >= 11 is 0. The summed E-state index contributed by atoms with van der Waals surface area (Å²) in [6.45, 7) is 0.00532. The average molecular weight is 256 g/mol. The molecule has 1 aromatic carbocycles. The van der Waals surface area contributed by atoms with E-state index in [4.69, 9.17) is 10.8 Å². The van der Waals surface area contributed by atoms with Gasteiger partial charge in [-0.25, -0.2) is 8.78 Å². The van der Waals surface area contributed by atoms with Crippen LogP contribution in [0.4, 0.5) is 8.78 Å². The van der Waals surface area contributed by atoms with Crippen LogP contribution in [0.25, 0.3) is 6.08 Å². The fourth-order valence-corrected chi connectivity index (χ4v) is 1.19.